The topological polar surface area (TPSA) is 41.6 Å². The Labute approximate surface area is 178 Å². The van der Waals surface area contributed by atoms with Gasteiger partial charge in [-0.2, -0.15) is 0 Å². The van der Waals surface area contributed by atoms with Crippen LogP contribution in [0.5, 0.6) is 5.75 Å². The number of methoxy groups -OCH3 is 1. The third-order valence-corrected chi connectivity index (χ3v) is 6.83. The molecule has 0 bridgehead atoms. The normalized spacial score (nSPS) is 19.4. The quantitative estimate of drug-likeness (QED) is 0.715. The molecule has 0 spiro atoms. The second-order valence-electron chi connectivity index (χ2n) is 8.15. The van der Waals surface area contributed by atoms with E-state index in [1.807, 2.05) is 42.5 Å². The molecule has 1 amide bonds. The molecule has 1 unspecified atom stereocenters. The van der Waals surface area contributed by atoms with Gasteiger partial charge in [0.05, 0.1) is 18.6 Å². The van der Waals surface area contributed by atoms with Gasteiger partial charge in [0.2, 0.25) is 5.91 Å². The summed E-state index contributed by atoms with van der Waals surface area (Å²) in [5, 5.41) is 4.00. The van der Waals surface area contributed by atoms with Crippen molar-refractivity contribution in [1.82, 2.24) is 10.2 Å². The Morgan fingerprint density at radius 3 is 2.41 bits per heavy atom. The van der Waals surface area contributed by atoms with Gasteiger partial charge in [0, 0.05) is 17.1 Å². The number of ether oxygens (including phenoxy) is 1. The zero-order valence-corrected chi connectivity index (χ0v) is 17.8. The molecule has 2 aromatic carbocycles. The van der Waals surface area contributed by atoms with Gasteiger partial charge in [-0.1, -0.05) is 48.4 Å². The lowest BCUT2D eigenvalue weighted by atomic mass is 9.64. The van der Waals surface area contributed by atoms with Crippen LogP contribution >= 0.6 is 11.6 Å². The first-order valence-corrected chi connectivity index (χ1v) is 10.9. The van der Waals surface area contributed by atoms with Crippen molar-refractivity contribution in [3.05, 3.63) is 64.7 Å². The maximum absolute atomic E-state index is 13.3. The van der Waals surface area contributed by atoms with Crippen LogP contribution in [0.4, 0.5) is 0 Å². The molecule has 1 aliphatic carbocycles. The van der Waals surface area contributed by atoms with Gasteiger partial charge in [-0.15, -0.1) is 0 Å². The molecule has 1 N–H and O–H groups in total. The summed E-state index contributed by atoms with van der Waals surface area (Å²) >= 11 is 6.06. The molecular formula is C24H29ClN2O2. The molecule has 154 valence electrons. The van der Waals surface area contributed by atoms with Crippen molar-refractivity contribution in [1.29, 1.82) is 0 Å². The largest absolute Gasteiger partial charge is 0.496 e. The van der Waals surface area contributed by atoms with Crippen molar-refractivity contribution in [2.75, 3.05) is 26.7 Å². The second kappa shape index (κ2) is 8.76. The second-order valence-corrected chi connectivity index (χ2v) is 8.59. The molecule has 4 rings (SSSR count). The molecule has 4 nitrogen and oxygen atoms in total. The molecule has 29 heavy (non-hydrogen) atoms. The smallest absolute Gasteiger partial charge is 0.230 e. The summed E-state index contributed by atoms with van der Waals surface area (Å²) in [4.78, 5) is 15.8. The van der Waals surface area contributed by atoms with Crippen LogP contribution < -0.4 is 10.1 Å². The number of amides is 1. The van der Waals surface area contributed by atoms with Crippen molar-refractivity contribution in [2.45, 2.75) is 43.6 Å². The number of carbonyl (C=O) groups is 1. The molecule has 2 aromatic rings. The summed E-state index contributed by atoms with van der Waals surface area (Å²) in [7, 11) is 1.71. The SMILES string of the molecule is COc1ccccc1C(CNC(=O)C1(c2ccc(Cl)cc2)CCC1)N1CCCC1. The number of benzene rings is 2. The maximum atomic E-state index is 13.3. The van der Waals surface area contributed by atoms with Gasteiger partial charge in [-0.3, -0.25) is 9.69 Å². The Hall–Kier alpha value is -2.04. The molecular weight excluding hydrogens is 384 g/mol. The predicted molar refractivity (Wildman–Crippen MR) is 117 cm³/mol. The summed E-state index contributed by atoms with van der Waals surface area (Å²) in [5.41, 5.74) is 1.80. The van der Waals surface area contributed by atoms with E-state index in [1.54, 1.807) is 7.11 Å². The van der Waals surface area contributed by atoms with Crippen molar-refractivity contribution < 1.29 is 9.53 Å². The third-order valence-electron chi connectivity index (χ3n) is 6.57. The van der Waals surface area contributed by atoms with Gasteiger partial charge in [0.1, 0.15) is 5.75 Å². The van der Waals surface area contributed by atoms with Gasteiger partial charge < -0.3 is 10.1 Å². The minimum Gasteiger partial charge on any atom is -0.496 e. The molecule has 1 atom stereocenters. The van der Waals surface area contributed by atoms with E-state index < -0.39 is 5.41 Å². The highest BCUT2D eigenvalue weighted by Gasteiger charge is 2.45. The summed E-state index contributed by atoms with van der Waals surface area (Å²) < 4.78 is 5.62. The van der Waals surface area contributed by atoms with Crippen LogP contribution in [0.15, 0.2) is 48.5 Å². The van der Waals surface area contributed by atoms with E-state index in [9.17, 15) is 4.79 Å². The maximum Gasteiger partial charge on any atom is 0.230 e. The van der Waals surface area contributed by atoms with Crippen LogP contribution in [-0.4, -0.2) is 37.6 Å². The summed E-state index contributed by atoms with van der Waals surface area (Å²) in [6, 6.07) is 16.0. The first-order valence-electron chi connectivity index (χ1n) is 10.6. The lowest BCUT2D eigenvalue weighted by molar-refractivity contribution is -0.130. The Bertz CT molecular complexity index is 842. The lowest BCUT2D eigenvalue weighted by Crippen LogP contribution is -2.51. The van der Waals surface area contributed by atoms with Crippen LogP contribution in [0, 0.1) is 0 Å². The monoisotopic (exact) mass is 412 g/mol. The van der Waals surface area contributed by atoms with E-state index in [2.05, 4.69) is 16.3 Å². The fourth-order valence-electron chi connectivity index (χ4n) is 4.74. The van der Waals surface area contributed by atoms with Crippen molar-refractivity contribution >= 4 is 17.5 Å². The fourth-order valence-corrected chi connectivity index (χ4v) is 4.86. The minimum atomic E-state index is -0.416. The molecule has 5 heteroatoms. The lowest BCUT2D eigenvalue weighted by Gasteiger charge is -2.41. The molecule has 0 radical (unpaired) electrons. The van der Waals surface area contributed by atoms with E-state index in [0.29, 0.717) is 11.6 Å². The zero-order chi connectivity index (χ0) is 20.3. The van der Waals surface area contributed by atoms with Crippen LogP contribution in [0.2, 0.25) is 5.02 Å². The standard InChI is InChI=1S/C24H29ClN2O2/c1-29-22-8-3-2-7-20(22)21(27-15-4-5-16-27)17-26-23(28)24(13-6-14-24)18-9-11-19(25)12-10-18/h2-3,7-12,21H,4-6,13-17H2,1H3,(H,26,28). The fraction of sp³-hybridized carbons (Fsp3) is 0.458. The number of nitrogens with zero attached hydrogens (tertiary/aromatic N) is 1. The van der Waals surface area contributed by atoms with Gasteiger partial charge in [0.15, 0.2) is 0 Å². The average Bonchev–Trinajstić information content (AvgIpc) is 3.23. The average molecular weight is 413 g/mol. The molecule has 1 aliphatic heterocycles. The summed E-state index contributed by atoms with van der Waals surface area (Å²) in [6.45, 7) is 2.70. The highest BCUT2D eigenvalue weighted by molar-refractivity contribution is 6.30. The zero-order valence-electron chi connectivity index (χ0n) is 17.0. The number of halogens is 1. The first kappa shape index (κ1) is 20.2. The van der Waals surface area contributed by atoms with Crippen molar-refractivity contribution in [3.8, 4) is 5.75 Å². The van der Waals surface area contributed by atoms with E-state index in [-0.39, 0.29) is 11.9 Å². The van der Waals surface area contributed by atoms with E-state index in [0.717, 1.165) is 49.2 Å². The minimum absolute atomic E-state index is 0.125. The number of carbonyl (C=O) groups excluding carboxylic acids is 1. The number of hydrogen-bond donors (Lipinski definition) is 1. The van der Waals surface area contributed by atoms with Gasteiger partial charge >= 0.3 is 0 Å². The Morgan fingerprint density at radius 1 is 1.10 bits per heavy atom. The number of rotatable bonds is 7. The Morgan fingerprint density at radius 2 is 1.79 bits per heavy atom. The van der Waals surface area contributed by atoms with E-state index in [1.165, 1.54) is 12.8 Å². The molecule has 2 aliphatic rings. The number of likely N-dealkylation sites (tertiary alicyclic amines) is 1. The number of hydrogen-bond acceptors (Lipinski definition) is 3. The Kier molecular flexibility index (Phi) is 6.12. The highest BCUT2D eigenvalue weighted by Crippen LogP contribution is 2.44. The van der Waals surface area contributed by atoms with E-state index in [4.69, 9.17) is 16.3 Å². The van der Waals surface area contributed by atoms with Crippen LogP contribution in [0.25, 0.3) is 0 Å². The summed E-state index contributed by atoms with van der Waals surface area (Å²) in [5.74, 6) is 1.01. The van der Waals surface area contributed by atoms with Crippen LogP contribution in [0.1, 0.15) is 49.3 Å². The van der Waals surface area contributed by atoms with Gasteiger partial charge in [-0.25, -0.2) is 0 Å². The number of nitrogens with one attached hydrogen (secondary N) is 1. The van der Waals surface area contributed by atoms with Crippen molar-refractivity contribution in [3.63, 3.8) is 0 Å². The molecule has 0 aromatic heterocycles. The van der Waals surface area contributed by atoms with Crippen molar-refractivity contribution in [2.24, 2.45) is 0 Å². The van der Waals surface area contributed by atoms with Crippen LogP contribution in [0.3, 0.4) is 0 Å². The molecule has 1 heterocycles. The molecule has 2 fully saturated rings. The van der Waals surface area contributed by atoms with Crippen LogP contribution in [-0.2, 0) is 10.2 Å². The Balaban J connectivity index is 1.53. The molecule has 1 saturated heterocycles. The highest BCUT2D eigenvalue weighted by atomic mass is 35.5. The van der Waals surface area contributed by atoms with Gasteiger partial charge in [-0.05, 0) is 62.5 Å². The summed E-state index contributed by atoms with van der Waals surface area (Å²) in [6.07, 6.45) is 5.27. The van der Waals surface area contributed by atoms with E-state index >= 15 is 0 Å². The third kappa shape index (κ3) is 4.01. The molecule has 1 saturated carbocycles. The predicted octanol–water partition coefficient (Wildman–Crippen LogP) is 4.72. The first-order chi connectivity index (χ1) is 14.1. The number of para-hydroxylation sites is 1. The van der Waals surface area contributed by atoms with Gasteiger partial charge in [0.25, 0.3) is 0 Å².